The van der Waals surface area contributed by atoms with E-state index < -0.39 is 5.97 Å². The van der Waals surface area contributed by atoms with Crippen LogP contribution in [0.3, 0.4) is 0 Å². The van der Waals surface area contributed by atoms with E-state index in [0.29, 0.717) is 6.42 Å². The fraction of sp³-hybridized carbons (Fsp3) is 0.650. The quantitative estimate of drug-likeness (QED) is 0.302. The second-order valence-electron chi connectivity index (χ2n) is 6.20. The van der Waals surface area contributed by atoms with E-state index in [4.69, 9.17) is 5.11 Å². The number of hydrogen-bond donors (Lipinski definition) is 1. The molecule has 2 heteroatoms. The molecule has 1 N–H and O–H groups in total. The molecule has 0 amide bonds. The minimum absolute atomic E-state index is 0.312. The van der Waals surface area contributed by atoms with E-state index in [9.17, 15) is 4.79 Å². The van der Waals surface area contributed by atoms with E-state index in [1.807, 2.05) is 0 Å². The first-order valence-electron chi connectivity index (χ1n) is 8.79. The van der Waals surface area contributed by atoms with Crippen LogP contribution < -0.4 is 0 Å². The molecule has 0 bridgehead atoms. The molecule has 0 aromatic carbocycles. The van der Waals surface area contributed by atoms with Crippen molar-refractivity contribution in [3.05, 3.63) is 36.5 Å². The molecule has 0 saturated heterocycles. The number of unbranched alkanes of at least 4 members (excludes halogenated alkanes) is 4. The fourth-order valence-electron chi connectivity index (χ4n) is 2.10. The van der Waals surface area contributed by atoms with Gasteiger partial charge in [-0.3, -0.25) is 4.79 Å². The summed E-state index contributed by atoms with van der Waals surface area (Å²) in [5.41, 5.74) is 0. The lowest BCUT2D eigenvalue weighted by atomic mass is 10.1. The van der Waals surface area contributed by atoms with Crippen LogP contribution in [0.25, 0.3) is 0 Å². The maximum Gasteiger partial charge on any atom is 0.303 e. The first-order valence-corrected chi connectivity index (χ1v) is 8.79. The van der Waals surface area contributed by atoms with E-state index in [0.717, 1.165) is 44.4 Å². The topological polar surface area (TPSA) is 37.3 Å². The van der Waals surface area contributed by atoms with Gasteiger partial charge in [0.25, 0.3) is 0 Å². The minimum atomic E-state index is -0.679. The van der Waals surface area contributed by atoms with E-state index in [1.165, 1.54) is 19.3 Å². The molecule has 2 nitrogen and oxygen atoms in total. The molecule has 0 aromatic rings. The van der Waals surface area contributed by atoms with Gasteiger partial charge in [-0.05, 0) is 50.9 Å². The maximum atomic E-state index is 10.3. The van der Waals surface area contributed by atoms with Crippen LogP contribution in [-0.4, -0.2) is 11.1 Å². The van der Waals surface area contributed by atoms with Gasteiger partial charge in [0.15, 0.2) is 0 Å². The highest BCUT2D eigenvalue weighted by Gasteiger charge is 1.95. The number of allylic oxidation sites excluding steroid dienone is 6. The molecule has 0 atom stereocenters. The highest BCUT2D eigenvalue weighted by atomic mass is 16.4. The van der Waals surface area contributed by atoms with Gasteiger partial charge in [0, 0.05) is 6.42 Å². The predicted molar refractivity (Wildman–Crippen MR) is 96.1 cm³/mol. The zero-order chi connectivity index (χ0) is 16.5. The molecule has 0 saturated carbocycles. The van der Waals surface area contributed by atoms with Crippen molar-refractivity contribution in [1.29, 1.82) is 0 Å². The number of carboxylic acids is 1. The van der Waals surface area contributed by atoms with Crippen molar-refractivity contribution in [2.24, 2.45) is 5.92 Å². The zero-order valence-corrected chi connectivity index (χ0v) is 14.5. The number of aliphatic carboxylic acids is 1. The second-order valence-corrected chi connectivity index (χ2v) is 6.20. The first kappa shape index (κ1) is 20.7. The standard InChI is InChI=1S/C20H34O2/c1-19(2)17-15-13-11-9-7-5-3-4-6-8-10-12-14-16-18-20(21)22/h4-7,11,13,19H,3,8-10,12,14-18H2,1-2H3,(H,21,22). The lowest BCUT2D eigenvalue weighted by Gasteiger charge is -1.98. The molecule has 0 unspecified atom stereocenters. The average Bonchev–Trinajstić information content (AvgIpc) is 2.46. The highest BCUT2D eigenvalue weighted by molar-refractivity contribution is 5.66. The molecular formula is C20H34O2. The van der Waals surface area contributed by atoms with Crippen molar-refractivity contribution < 1.29 is 9.90 Å². The van der Waals surface area contributed by atoms with Gasteiger partial charge in [0.2, 0.25) is 0 Å². The monoisotopic (exact) mass is 306 g/mol. The summed E-state index contributed by atoms with van der Waals surface area (Å²) < 4.78 is 0. The Kier molecular flexibility index (Phi) is 15.1. The summed E-state index contributed by atoms with van der Waals surface area (Å²) in [5.74, 6) is 0.115. The summed E-state index contributed by atoms with van der Waals surface area (Å²) in [6.45, 7) is 4.52. The number of carbonyl (C=O) groups is 1. The number of rotatable bonds is 14. The molecule has 22 heavy (non-hydrogen) atoms. The zero-order valence-electron chi connectivity index (χ0n) is 14.5. The minimum Gasteiger partial charge on any atom is -0.481 e. The Balaban J connectivity index is 3.32. The number of carboxylic acid groups (broad SMARTS) is 1. The van der Waals surface area contributed by atoms with Gasteiger partial charge >= 0.3 is 5.97 Å². The smallest absolute Gasteiger partial charge is 0.303 e. The van der Waals surface area contributed by atoms with Crippen LogP contribution in [-0.2, 0) is 4.79 Å². The summed E-state index contributed by atoms with van der Waals surface area (Å²) in [6, 6.07) is 0. The molecule has 0 rings (SSSR count). The predicted octanol–water partition coefficient (Wildman–Crippen LogP) is 6.30. The highest BCUT2D eigenvalue weighted by Crippen LogP contribution is 2.06. The van der Waals surface area contributed by atoms with Gasteiger partial charge in [-0.2, -0.15) is 0 Å². The van der Waals surface area contributed by atoms with E-state index in [-0.39, 0.29) is 0 Å². The van der Waals surface area contributed by atoms with Crippen LogP contribution >= 0.6 is 0 Å². The first-order chi connectivity index (χ1) is 10.6. The summed E-state index contributed by atoms with van der Waals surface area (Å²) in [6.07, 6.45) is 23.5. The molecule has 0 aromatic heterocycles. The van der Waals surface area contributed by atoms with E-state index >= 15 is 0 Å². The lowest BCUT2D eigenvalue weighted by molar-refractivity contribution is -0.137. The summed E-state index contributed by atoms with van der Waals surface area (Å²) in [5, 5.41) is 8.52. The molecule has 126 valence electrons. The third kappa shape index (κ3) is 18.7. The molecule has 0 aliphatic rings. The number of hydrogen-bond acceptors (Lipinski definition) is 1. The van der Waals surface area contributed by atoms with Gasteiger partial charge in [0.05, 0.1) is 0 Å². The summed E-state index contributed by atoms with van der Waals surface area (Å²) >= 11 is 0. The van der Waals surface area contributed by atoms with Crippen LogP contribution in [0.15, 0.2) is 36.5 Å². The Bertz CT molecular complexity index is 338. The van der Waals surface area contributed by atoms with Crippen molar-refractivity contribution in [1.82, 2.24) is 0 Å². The molecule has 0 heterocycles. The van der Waals surface area contributed by atoms with Crippen molar-refractivity contribution in [2.45, 2.75) is 78.1 Å². The molecule has 0 spiro atoms. The third-order valence-electron chi connectivity index (χ3n) is 3.47. The Morgan fingerprint density at radius 3 is 1.95 bits per heavy atom. The summed E-state index contributed by atoms with van der Waals surface area (Å²) in [7, 11) is 0. The van der Waals surface area contributed by atoms with Crippen molar-refractivity contribution >= 4 is 5.97 Å². The molecule has 0 fully saturated rings. The third-order valence-corrected chi connectivity index (χ3v) is 3.47. The Morgan fingerprint density at radius 2 is 1.36 bits per heavy atom. The molecule has 0 radical (unpaired) electrons. The largest absolute Gasteiger partial charge is 0.481 e. The fourth-order valence-corrected chi connectivity index (χ4v) is 2.10. The van der Waals surface area contributed by atoms with Crippen LogP contribution in [0.4, 0.5) is 0 Å². The van der Waals surface area contributed by atoms with Crippen LogP contribution in [0.2, 0.25) is 0 Å². The van der Waals surface area contributed by atoms with Crippen LogP contribution in [0.1, 0.15) is 78.1 Å². The van der Waals surface area contributed by atoms with Crippen molar-refractivity contribution in [3.8, 4) is 0 Å². The average molecular weight is 306 g/mol. The van der Waals surface area contributed by atoms with Gasteiger partial charge in [-0.25, -0.2) is 0 Å². The summed E-state index contributed by atoms with van der Waals surface area (Å²) in [4.78, 5) is 10.3. The second kappa shape index (κ2) is 16.1. The van der Waals surface area contributed by atoms with Crippen LogP contribution in [0, 0.1) is 5.92 Å². The van der Waals surface area contributed by atoms with Crippen molar-refractivity contribution in [2.75, 3.05) is 0 Å². The van der Waals surface area contributed by atoms with E-state index in [2.05, 4.69) is 50.3 Å². The maximum absolute atomic E-state index is 10.3. The molecule has 0 aliphatic heterocycles. The Morgan fingerprint density at radius 1 is 0.818 bits per heavy atom. The Labute approximate surface area is 137 Å². The van der Waals surface area contributed by atoms with Gasteiger partial charge < -0.3 is 5.11 Å². The van der Waals surface area contributed by atoms with Gasteiger partial charge in [-0.15, -0.1) is 0 Å². The van der Waals surface area contributed by atoms with Crippen molar-refractivity contribution in [3.63, 3.8) is 0 Å². The van der Waals surface area contributed by atoms with E-state index in [1.54, 1.807) is 0 Å². The SMILES string of the molecule is CC(C)CCC=CCC=CCC=CCCCCCCC(=O)O. The van der Waals surface area contributed by atoms with Crippen LogP contribution in [0.5, 0.6) is 0 Å². The van der Waals surface area contributed by atoms with Gasteiger partial charge in [0.1, 0.15) is 0 Å². The normalized spacial score (nSPS) is 12.3. The molecule has 0 aliphatic carbocycles. The lowest BCUT2D eigenvalue weighted by Crippen LogP contribution is -1.93. The Hall–Kier alpha value is -1.31. The van der Waals surface area contributed by atoms with Gasteiger partial charge in [-0.1, -0.05) is 63.1 Å². The molecular weight excluding hydrogens is 272 g/mol.